The van der Waals surface area contributed by atoms with Crippen molar-refractivity contribution < 1.29 is 43.6 Å². The molecule has 1 aromatic carbocycles. The molecule has 0 amide bonds. The van der Waals surface area contributed by atoms with Gasteiger partial charge in [0.15, 0.2) is 0 Å². The third-order valence-corrected chi connectivity index (χ3v) is 2.87. The summed E-state index contributed by atoms with van der Waals surface area (Å²) >= 11 is 0. The number of hydrogen-bond donors (Lipinski definition) is 0. The zero-order valence-electron chi connectivity index (χ0n) is 10.1. The van der Waals surface area contributed by atoms with E-state index in [1.165, 1.54) is 0 Å². The Bertz CT molecular complexity index is 367. The summed E-state index contributed by atoms with van der Waals surface area (Å²) < 4.78 is 27.4. The Hall–Kier alpha value is 0.130. The molecule has 0 aromatic heterocycles. The first-order valence-electron chi connectivity index (χ1n) is 4.55. The van der Waals surface area contributed by atoms with Gasteiger partial charge < -0.3 is 1.43 Å². The van der Waals surface area contributed by atoms with Crippen molar-refractivity contribution in [3.8, 4) is 0 Å². The van der Waals surface area contributed by atoms with Gasteiger partial charge in [-0.2, -0.15) is 8.42 Å². The third kappa shape index (κ3) is 6.33. The largest absolute Gasteiger partial charge is 1.00 e. The van der Waals surface area contributed by atoms with Crippen molar-refractivity contribution in [3.05, 3.63) is 35.9 Å². The van der Waals surface area contributed by atoms with E-state index in [-0.39, 0.29) is 43.3 Å². The Kier molecular flexibility index (Phi) is 7.48. The van der Waals surface area contributed by atoms with Gasteiger partial charge in [0.05, 0.1) is 6.61 Å². The predicted molar refractivity (Wildman–Crippen MR) is 56.4 cm³/mol. The van der Waals surface area contributed by atoms with Crippen LogP contribution in [0, 0.1) is 0 Å². The van der Waals surface area contributed by atoms with Gasteiger partial charge in [0.1, 0.15) is 5.75 Å². The normalized spacial score (nSPS) is 10.7. The van der Waals surface area contributed by atoms with Crippen LogP contribution in [0.25, 0.3) is 0 Å². The van der Waals surface area contributed by atoms with Gasteiger partial charge in [-0.3, -0.25) is 4.18 Å². The molecule has 0 aliphatic carbocycles. The fourth-order valence-corrected chi connectivity index (χ4v) is 2.13. The molecular weight excluding hydrogens is 223 g/mol. The van der Waals surface area contributed by atoms with Gasteiger partial charge in [-0.1, -0.05) is 37.3 Å². The summed E-state index contributed by atoms with van der Waals surface area (Å²) in [6.07, 6.45) is 0.702. The van der Waals surface area contributed by atoms with Crippen molar-refractivity contribution in [2.45, 2.75) is 19.1 Å². The summed E-state index contributed by atoms with van der Waals surface area (Å²) in [6.45, 7) is 2.13. The molecule has 15 heavy (non-hydrogen) atoms. The molecule has 0 saturated carbocycles. The van der Waals surface area contributed by atoms with Crippen molar-refractivity contribution in [1.29, 1.82) is 0 Å². The van der Waals surface area contributed by atoms with E-state index >= 15 is 0 Å². The van der Waals surface area contributed by atoms with Gasteiger partial charge in [0.2, 0.25) is 0 Å². The Balaban J connectivity index is 0. The number of rotatable bonds is 5. The molecule has 5 heteroatoms. The van der Waals surface area contributed by atoms with E-state index in [0.717, 1.165) is 5.56 Å². The molecule has 3 nitrogen and oxygen atoms in total. The van der Waals surface area contributed by atoms with Crippen molar-refractivity contribution in [1.82, 2.24) is 0 Å². The zero-order valence-corrected chi connectivity index (χ0v) is 12.0. The van der Waals surface area contributed by atoms with Crippen LogP contribution in [0.5, 0.6) is 0 Å². The van der Waals surface area contributed by atoms with E-state index in [2.05, 4.69) is 0 Å². The molecule has 1 aromatic rings. The maximum absolute atomic E-state index is 11.3. The standard InChI is InChI=1S/C10H14O3S.Na.H/c1-2-8-13-14(11,12)9-10-6-4-3-5-7-10;;/h3-7H,2,8-9H2,1H3;;/q;+1;-1. The second-order valence-corrected chi connectivity index (χ2v) is 4.65. The van der Waals surface area contributed by atoms with Crippen LogP contribution < -0.4 is 29.6 Å². The fraction of sp³-hybridized carbons (Fsp3) is 0.400. The molecule has 80 valence electrons. The smallest absolute Gasteiger partial charge is 1.00 e. The first-order valence-corrected chi connectivity index (χ1v) is 6.13. The maximum Gasteiger partial charge on any atom is 1.00 e. The van der Waals surface area contributed by atoms with E-state index in [4.69, 9.17) is 4.18 Å². The van der Waals surface area contributed by atoms with Crippen molar-refractivity contribution in [2.75, 3.05) is 6.61 Å². The Labute approximate surface area is 115 Å². The average molecular weight is 238 g/mol. The number of hydrogen-bond acceptors (Lipinski definition) is 3. The summed E-state index contributed by atoms with van der Waals surface area (Å²) in [7, 11) is -3.40. The molecular formula is C10H15NaO3S. The first kappa shape index (κ1) is 15.1. The van der Waals surface area contributed by atoms with Gasteiger partial charge in [0.25, 0.3) is 10.1 Å². The van der Waals surface area contributed by atoms with Crippen LogP contribution in [0.15, 0.2) is 30.3 Å². The molecule has 0 aliphatic rings. The quantitative estimate of drug-likeness (QED) is 0.491. The molecule has 0 unspecified atom stereocenters. The van der Waals surface area contributed by atoms with Crippen LogP contribution in [-0.2, 0) is 20.1 Å². The average Bonchev–Trinajstić information content (AvgIpc) is 2.16. The van der Waals surface area contributed by atoms with E-state index < -0.39 is 10.1 Å². The minimum atomic E-state index is -3.40. The van der Waals surface area contributed by atoms with Crippen molar-refractivity contribution in [2.24, 2.45) is 0 Å². The summed E-state index contributed by atoms with van der Waals surface area (Å²) in [6, 6.07) is 9.01. The molecule has 0 fully saturated rings. The second kappa shape index (κ2) is 7.41. The first-order chi connectivity index (χ1) is 6.64. The number of benzene rings is 1. The monoisotopic (exact) mass is 238 g/mol. The summed E-state index contributed by atoms with van der Waals surface area (Å²) in [5.41, 5.74) is 0.753. The Morgan fingerprint density at radius 3 is 2.40 bits per heavy atom. The maximum atomic E-state index is 11.3. The molecule has 0 bridgehead atoms. The molecule has 0 radical (unpaired) electrons. The van der Waals surface area contributed by atoms with Gasteiger partial charge in [-0.25, -0.2) is 0 Å². The summed E-state index contributed by atoms with van der Waals surface area (Å²) in [5.74, 6) is -0.0478. The SMILES string of the molecule is CCCOS(=O)(=O)Cc1ccccc1.[H-].[Na+]. The van der Waals surface area contributed by atoms with Crippen LogP contribution in [0.1, 0.15) is 20.3 Å². The molecule has 0 spiro atoms. The molecule has 0 saturated heterocycles. The minimum Gasteiger partial charge on any atom is -1.00 e. The summed E-state index contributed by atoms with van der Waals surface area (Å²) in [4.78, 5) is 0. The molecule has 0 N–H and O–H groups in total. The van der Waals surface area contributed by atoms with Crippen LogP contribution in [0.2, 0.25) is 0 Å². The van der Waals surface area contributed by atoms with Crippen LogP contribution in [0.3, 0.4) is 0 Å². The molecule has 1 rings (SSSR count). The van der Waals surface area contributed by atoms with Crippen molar-refractivity contribution in [3.63, 3.8) is 0 Å². The second-order valence-electron chi connectivity index (χ2n) is 3.01. The van der Waals surface area contributed by atoms with E-state index in [0.29, 0.717) is 6.42 Å². The van der Waals surface area contributed by atoms with Crippen LogP contribution in [0.4, 0.5) is 0 Å². The van der Waals surface area contributed by atoms with Gasteiger partial charge in [0, 0.05) is 0 Å². The zero-order chi connectivity index (χ0) is 10.4. The van der Waals surface area contributed by atoms with E-state index in [1.54, 1.807) is 12.1 Å². The van der Waals surface area contributed by atoms with Gasteiger partial charge >= 0.3 is 29.6 Å². The minimum absolute atomic E-state index is 0. The Morgan fingerprint density at radius 1 is 1.27 bits per heavy atom. The molecule has 0 aliphatic heterocycles. The predicted octanol–water partition coefficient (Wildman–Crippen LogP) is -0.940. The van der Waals surface area contributed by atoms with Crippen LogP contribution in [-0.4, -0.2) is 15.0 Å². The Morgan fingerprint density at radius 2 is 1.87 bits per heavy atom. The van der Waals surface area contributed by atoms with Gasteiger partial charge in [-0.15, -0.1) is 0 Å². The summed E-state index contributed by atoms with van der Waals surface area (Å²) in [5, 5.41) is 0. The third-order valence-electron chi connectivity index (χ3n) is 1.65. The van der Waals surface area contributed by atoms with Crippen LogP contribution >= 0.6 is 0 Å². The van der Waals surface area contributed by atoms with Gasteiger partial charge in [-0.05, 0) is 12.0 Å². The van der Waals surface area contributed by atoms with E-state index in [1.807, 2.05) is 25.1 Å². The fourth-order valence-electron chi connectivity index (χ4n) is 1.03. The molecule has 0 atom stereocenters. The van der Waals surface area contributed by atoms with Crippen molar-refractivity contribution >= 4 is 10.1 Å². The van der Waals surface area contributed by atoms with E-state index in [9.17, 15) is 8.42 Å². The topological polar surface area (TPSA) is 43.4 Å². The molecule has 0 heterocycles.